The molecule has 0 aliphatic heterocycles. The molecule has 0 atom stereocenters. The van der Waals surface area contributed by atoms with Crippen molar-refractivity contribution in [2.75, 3.05) is 12.8 Å². The summed E-state index contributed by atoms with van der Waals surface area (Å²) in [5.74, 6) is 1.95. The molecule has 0 saturated heterocycles. The van der Waals surface area contributed by atoms with Crippen LogP contribution >= 0.6 is 0 Å². The number of benzene rings is 1. The van der Waals surface area contributed by atoms with Crippen molar-refractivity contribution in [1.82, 2.24) is 9.78 Å². The van der Waals surface area contributed by atoms with Gasteiger partial charge in [-0.1, -0.05) is 0 Å². The molecule has 5 nitrogen and oxygen atoms in total. The lowest BCUT2D eigenvalue weighted by atomic mass is 10.3. The van der Waals surface area contributed by atoms with Crippen molar-refractivity contribution < 1.29 is 9.47 Å². The van der Waals surface area contributed by atoms with Crippen LogP contribution < -0.4 is 15.2 Å². The lowest BCUT2D eigenvalue weighted by Crippen LogP contribution is -1.98. The maximum Gasteiger partial charge on any atom is 0.217 e. The maximum absolute atomic E-state index is 5.87. The lowest BCUT2D eigenvalue weighted by molar-refractivity contribution is 0.410. The van der Waals surface area contributed by atoms with Gasteiger partial charge in [0, 0.05) is 19.2 Å². The van der Waals surface area contributed by atoms with Gasteiger partial charge in [-0.3, -0.25) is 0 Å². The van der Waals surface area contributed by atoms with Crippen LogP contribution in [0.5, 0.6) is 17.4 Å². The summed E-state index contributed by atoms with van der Waals surface area (Å²) < 4.78 is 12.4. The van der Waals surface area contributed by atoms with E-state index in [9.17, 15) is 0 Å². The Bertz CT molecular complexity index is 535. The van der Waals surface area contributed by atoms with Crippen molar-refractivity contribution in [3.63, 3.8) is 0 Å². The molecule has 2 rings (SSSR count). The summed E-state index contributed by atoms with van der Waals surface area (Å²) in [5, 5.41) is 4.20. The molecule has 1 aromatic heterocycles. The topological polar surface area (TPSA) is 62.3 Å². The molecule has 0 fully saturated rings. The summed E-state index contributed by atoms with van der Waals surface area (Å²) in [4.78, 5) is 0. The first kappa shape index (κ1) is 11.3. The van der Waals surface area contributed by atoms with E-state index in [0.717, 1.165) is 5.69 Å². The summed E-state index contributed by atoms with van der Waals surface area (Å²) in [6, 6.07) is 7.15. The second-order valence-corrected chi connectivity index (χ2v) is 3.75. The van der Waals surface area contributed by atoms with E-state index in [2.05, 4.69) is 5.10 Å². The van der Waals surface area contributed by atoms with Gasteiger partial charge in [-0.15, -0.1) is 0 Å². The fraction of sp³-hybridized carbons (Fsp3) is 0.250. The highest BCUT2D eigenvalue weighted by atomic mass is 16.5. The van der Waals surface area contributed by atoms with E-state index in [1.54, 1.807) is 30.0 Å². The van der Waals surface area contributed by atoms with Crippen molar-refractivity contribution in [3.05, 3.63) is 30.0 Å². The summed E-state index contributed by atoms with van der Waals surface area (Å²) in [5.41, 5.74) is 7.30. The van der Waals surface area contributed by atoms with Crippen molar-refractivity contribution >= 4 is 5.69 Å². The molecule has 0 radical (unpaired) electrons. The lowest BCUT2D eigenvalue weighted by Gasteiger charge is -2.09. The molecular weight excluding hydrogens is 218 g/mol. The molecule has 2 N–H and O–H groups in total. The third-order valence-corrected chi connectivity index (χ3v) is 2.39. The van der Waals surface area contributed by atoms with E-state index in [1.807, 2.05) is 20.0 Å². The van der Waals surface area contributed by atoms with Gasteiger partial charge in [0.2, 0.25) is 5.88 Å². The van der Waals surface area contributed by atoms with Gasteiger partial charge in [0.25, 0.3) is 0 Å². The third kappa shape index (κ3) is 2.33. The molecule has 5 heteroatoms. The molecule has 0 saturated carbocycles. The predicted molar refractivity (Wildman–Crippen MR) is 65.4 cm³/mol. The Morgan fingerprint density at radius 2 is 2.06 bits per heavy atom. The highest BCUT2D eigenvalue weighted by Crippen LogP contribution is 2.30. The zero-order valence-electron chi connectivity index (χ0n) is 10.1. The van der Waals surface area contributed by atoms with Crippen LogP contribution in [0, 0.1) is 6.92 Å². The fourth-order valence-electron chi connectivity index (χ4n) is 1.54. The normalized spacial score (nSPS) is 10.3. The minimum atomic E-state index is 0.531. The third-order valence-electron chi connectivity index (χ3n) is 2.39. The van der Waals surface area contributed by atoms with Gasteiger partial charge in [-0.05, 0) is 19.1 Å². The predicted octanol–water partition coefficient (Wildman–Crippen LogP) is 2.11. The molecule has 0 aliphatic rings. The van der Waals surface area contributed by atoms with Crippen LogP contribution in [-0.4, -0.2) is 16.9 Å². The van der Waals surface area contributed by atoms with Crippen molar-refractivity contribution in [3.8, 4) is 17.4 Å². The molecule has 0 amide bonds. The van der Waals surface area contributed by atoms with Crippen LogP contribution in [0.15, 0.2) is 24.3 Å². The largest absolute Gasteiger partial charge is 0.497 e. The molecule has 2 aromatic rings. The first-order valence-electron chi connectivity index (χ1n) is 5.22. The van der Waals surface area contributed by atoms with Crippen LogP contribution in [0.4, 0.5) is 5.69 Å². The first-order chi connectivity index (χ1) is 8.10. The first-order valence-corrected chi connectivity index (χ1v) is 5.22. The highest BCUT2D eigenvalue weighted by molar-refractivity contribution is 5.57. The number of hydrogen-bond donors (Lipinski definition) is 1. The van der Waals surface area contributed by atoms with Gasteiger partial charge < -0.3 is 15.2 Å². The summed E-state index contributed by atoms with van der Waals surface area (Å²) in [6.07, 6.45) is 0. The zero-order valence-corrected chi connectivity index (χ0v) is 10.1. The van der Waals surface area contributed by atoms with Gasteiger partial charge >= 0.3 is 0 Å². The highest BCUT2D eigenvalue weighted by Gasteiger charge is 2.07. The Morgan fingerprint density at radius 3 is 2.59 bits per heavy atom. The fourth-order valence-corrected chi connectivity index (χ4v) is 1.54. The molecule has 1 heterocycles. The summed E-state index contributed by atoms with van der Waals surface area (Å²) in [7, 11) is 3.42. The number of rotatable bonds is 3. The number of anilines is 1. The number of hydrogen-bond acceptors (Lipinski definition) is 4. The smallest absolute Gasteiger partial charge is 0.217 e. The molecule has 0 unspecified atom stereocenters. The second-order valence-electron chi connectivity index (χ2n) is 3.75. The standard InChI is InChI=1S/C12H15N3O2/c1-8-6-12(15(2)14-8)17-11-5-4-9(16-3)7-10(11)13/h4-7H,13H2,1-3H3. The van der Waals surface area contributed by atoms with Gasteiger partial charge in [0.15, 0.2) is 5.75 Å². The van der Waals surface area contributed by atoms with Crippen molar-refractivity contribution in [2.45, 2.75) is 6.92 Å². The molecule has 0 aliphatic carbocycles. The van der Waals surface area contributed by atoms with Crippen LogP contribution in [0.1, 0.15) is 5.69 Å². The van der Waals surface area contributed by atoms with Crippen LogP contribution in [0.2, 0.25) is 0 Å². The van der Waals surface area contributed by atoms with Crippen LogP contribution in [0.3, 0.4) is 0 Å². The van der Waals surface area contributed by atoms with E-state index in [0.29, 0.717) is 23.1 Å². The Balaban J connectivity index is 2.27. The summed E-state index contributed by atoms with van der Waals surface area (Å²) in [6.45, 7) is 1.91. The minimum absolute atomic E-state index is 0.531. The molecule has 1 aromatic carbocycles. The number of aromatic nitrogens is 2. The van der Waals surface area contributed by atoms with Gasteiger partial charge in [0.1, 0.15) is 5.75 Å². The molecule has 0 bridgehead atoms. The number of nitrogen functional groups attached to an aromatic ring is 1. The van der Waals surface area contributed by atoms with E-state index in [1.165, 1.54) is 0 Å². The maximum atomic E-state index is 5.87. The molecule has 17 heavy (non-hydrogen) atoms. The average molecular weight is 233 g/mol. The minimum Gasteiger partial charge on any atom is -0.497 e. The van der Waals surface area contributed by atoms with Gasteiger partial charge in [-0.25, -0.2) is 4.68 Å². The number of nitrogens with zero attached hydrogens (tertiary/aromatic N) is 2. The van der Waals surface area contributed by atoms with E-state index in [4.69, 9.17) is 15.2 Å². The number of aryl methyl sites for hydroxylation is 2. The average Bonchev–Trinajstić information content (AvgIpc) is 2.60. The second kappa shape index (κ2) is 4.37. The van der Waals surface area contributed by atoms with Gasteiger partial charge in [0.05, 0.1) is 18.5 Å². The molecular formula is C12H15N3O2. The molecule has 90 valence electrons. The van der Waals surface area contributed by atoms with E-state index >= 15 is 0 Å². The Kier molecular flexibility index (Phi) is 2.91. The molecule has 0 spiro atoms. The van der Waals surface area contributed by atoms with E-state index in [-0.39, 0.29) is 0 Å². The van der Waals surface area contributed by atoms with E-state index < -0.39 is 0 Å². The van der Waals surface area contributed by atoms with Crippen molar-refractivity contribution in [2.24, 2.45) is 7.05 Å². The monoisotopic (exact) mass is 233 g/mol. The van der Waals surface area contributed by atoms with Crippen molar-refractivity contribution in [1.29, 1.82) is 0 Å². The Morgan fingerprint density at radius 1 is 1.29 bits per heavy atom. The zero-order chi connectivity index (χ0) is 12.4. The summed E-state index contributed by atoms with van der Waals surface area (Å²) >= 11 is 0. The number of methoxy groups -OCH3 is 1. The SMILES string of the molecule is COc1ccc(Oc2cc(C)nn2C)c(N)c1. The number of ether oxygens (including phenoxy) is 2. The number of nitrogens with two attached hydrogens (primary N) is 1. The quantitative estimate of drug-likeness (QED) is 0.825. The Labute approximate surface area is 99.8 Å². The van der Waals surface area contributed by atoms with Crippen LogP contribution in [0.25, 0.3) is 0 Å². The van der Waals surface area contributed by atoms with Gasteiger partial charge in [-0.2, -0.15) is 5.10 Å². The van der Waals surface area contributed by atoms with Crippen LogP contribution in [-0.2, 0) is 7.05 Å². The Hall–Kier alpha value is -2.17.